The molecule has 0 aliphatic heterocycles. The first-order valence-corrected chi connectivity index (χ1v) is 8.22. The molecule has 0 atom stereocenters. The van der Waals surface area contributed by atoms with Gasteiger partial charge in [-0.1, -0.05) is 47.5 Å². The minimum Gasteiger partial charge on any atom is -0.322 e. The van der Waals surface area contributed by atoms with Crippen LogP contribution in [0.2, 0.25) is 10.0 Å². The van der Waals surface area contributed by atoms with Crippen LogP contribution in [0.15, 0.2) is 48.5 Å². The van der Waals surface area contributed by atoms with E-state index in [1.54, 1.807) is 55.5 Å². The first kappa shape index (κ1) is 14.6. The van der Waals surface area contributed by atoms with Gasteiger partial charge in [0, 0.05) is 0 Å². The SMILES string of the molecule is CCOP(=O)(c1ccccc1Cl)c1ccccc1Cl. The fourth-order valence-electron chi connectivity index (χ4n) is 1.83. The van der Waals surface area contributed by atoms with Gasteiger partial charge < -0.3 is 4.52 Å². The van der Waals surface area contributed by atoms with Gasteiger partial charge in [-0.25, -0.2) is 0 Å². The highest BCUT2D eigenvalue weighted by atomic mass is 35.5. The molecule has 0 aliphatic carbocycles. The van der Waals surface area contributed by atoms with E-state index in [1.807, 2.05) is 0 Å². The molecule has 2 aromatic carbocycles. The Morgan fingerprint density at radius 3 is 1.74 bits per heavy atom. The van der Waals surface area contributed by atoms with Gasteiger partial charge in [0.25, 0.3) is 7.37 Å². The Kier molecular flexibility index (Phi) is 4.70. The van der Waals surface area contributed by atoms with Gasteiger partial charge in [0.1, 0.15) is 0 Å². The molecule has 2 aromatic rings. The molecular weight excluding hydrogens is 302 g/mol. The summed E-state index contributed by atoms with van der Waals surface area (Å²) in [5, 5.41) is 1.79. The van der Waals surface area contributed by atoms with Gasteiger partial charge in [0.05, 0.1) is 27.3 Å². The van der Waals surface area contributed by atoms with E-state index >= 15 is 0 Å². The van der Waals surface area contributed by atoms with Crippen molar-refractivity contribution in [2.24, 2.45) is 0 Å². The third-order valence-electron chi connectivity index (χ3n) is 2.65. The van der Waals surface area contributed by atoms with Gasteiger partial charge in [-0.2, -0.15) is 0 Å². The number of hydrogen-bond acceptors (Lipinski definition) is 2. The van der Waals surface area contributed by atoms with Crippen molar-refractivity contribution in [3.63, 3.8) is 0 Å². The van der Waals surface area contributed by atoms with Gasteiger partial charge >= 0.3 is 0 Å². The van der Waals surface area contributed by atoms with Crippen LogP contribution in [0.5, 0.6) is 0 Å². The molecule has 0 heterocycles. The van der Waals surface area contributed by atoms with Gasteiger partial charge in [-0.05, 0) is 31.2 Å². The summed E-state index contributed by atoms with van der Waals surface area (Å²) in [4.78, 5) is 0. The second-order valence-electron chi connectivity index (χ2n) is 3.87. The fourth-order valence-corrected chi connectivity index (χ4v) is 4.95. The van der Waals surface area contributed by atoms with Crippen molar-refractivity contribution in [2.45, 2.75) is 6.92 Å². The molecule has 0 bridgehead atoms. The molecule has 100 valence electrons. The lowest BCUT2D eigenvalue weighted by molar-refractivity contribution is 0.348. The Labute approximate surface area is 122 Å². The molecule has 0 N–H and O–H groups in total. The minimum atomic E-state index is -3.26. The van der Waals surface area contributed by atoms with Crippen LogP contribution in [0.1, 0.15) is 6.92 Å². The molecular formula is C14H13Cl2O2P. The predicted octanol–water partition coefficient (Wildman–Crippen LogP) is 4.26. The summed E-state index contributed by atoms with van der Waals surface area (Å²) < 4.78 is 18.8. The monoisotopic (exact) mass is 314 g/mol. The lowest BCUT2D eigenvalue weighted by atomic mass is 10.4. The van der Waals surface area contributed by atoms with Crippen molar-refractivity contribution in [3.8, 4) is 0 Å². The average Bonchev–Trinajstić information content (AvgIpc) is 2.39. The van der Waals surface area contributed by atoms with E-state index in [-0.39, 0.29) is 0 Å². The smallest absolute Gasteiger partial charge is 0.264 e. The zero-order chi connectivity index (χ0) is 13.9. The molecule has 5 heteroatoms. The third kappa shape index (κ3) is 2.88. The van der Waals surface area contributed by atoms with Crippen LogP contribution in [0.25, 0.3) is 0 Å². The average molecular weight is 315 g/mol. The molecule has 2 rings (SSSR count). The van der Waals surface area contributed by atoms with Gasteiger partial charge in [-0.15, -0.1) is 0 Å². The van der Waals surface area contributed by atoms with E-state index < -0.39 is 7.37 Å². The number of halogens is 2. The summed E-state index contributed by atoms with van der Waals surface area (Å²) in [5.41, 5.74) is 0. The first-order valence-electron chi connectivity index (χ1n) is 5.84. The van der Waals surface area contributed by atoms with Crippen molar-refractivity contribution in [3.05, 3.63) is 58.6 Å². The molecule has 0 spiro atoms. The van der Waals surface area contributed by atoms with Gasteiger partial charge in [0.2, 0.25) is 0 Å². The zero-order valence-electron chi connectivity index (χ0n) is 10.3. The maximum Gasteiger partial charge on any atom is 0.264 e. The van der Waals surface area contributed by atoms with Gasteiger partial charge in [-0.3, -0.25) is 4.57 Å². The topological polar surface area (TPSA) is 26.3 Å². The van der Waals surface area contributed by atoms with Crippen molar-refractivity contribution in [2.75, 3.05) is 6.61 Å². The first-order chi connectivity index (χ1) is 9.09. The second kappa shape index (κ2) is 6.11. The van der Waals surface area contributed by atoms with E-state index in [9.17, 15) is 4.57 Å². The fraction of sp³-hybridized carbons (Fsp3) is 0.143. The maximum atomic E-state index is 13.3. The third-order valence-corrected chi connectivity index (χ3v) is 6.24. The highest BCUT2D eigenvalue weighted by molar-refractivity contribution is 7.74. The Morgan fingerprint density at radius 2 is 1.37 bits per heavy atom. The lowest BCUT2D eigenvalue weighted by Crippen LogP contribution is -2.20. The van der Waals surface area contributed by atoms with E-state index in [0.717, 1.165) is 0 Å². The van der Waals surface area contributed by atoms with Crippen LogP contribution in [-0.2, 0) is 9.09 Å². The number of benzene rings is 2. The van der Waals surface area contributed by atoms with Crippen molar-refractivity contribution < 1.29 is 9.09 Å². The Balaban J connectivity index is 2.66. The molecule has 0 amide bonds. The maximum absolute atomic E-state index is 13.3. The highest BCUT2D eigenvalue weighted by Crippen LogP contribution is 2.47. The quantitative estimate of drug-likeness (QED) is 0.788. The molecule has 0 saturated carbocycles. The summed E-state index contributed by atoms with van der Waals surface area (Å²) in [5.74, 6) is 0. The largest absolute Gasteiger partial charge is 0.322 e. The standard InChI is InChI=1S/C14H13Cl2O2P/c1-2-18-19(17,13-9-5-3-7-11(13)15)14-10-6-4-8-12(14)16/h3-10H,2H2,1H3. The van der Waals surface area contributed by atoms with Crippen LogP contribution in [0.3, 0.4) is 0 Å². The summed E-state index contributed by atoms with van der Waals surface area (Å²) in [7, 11) is -3.26. The Morgan fingerprint density at radius 1 is 0.947 bits per heavy atom. The molecule has 2 nitrogen and oxygen atoms in total. The molecule has 0 fully saturated rings. The van der Waals surface area contributed by atoms with Gasteiger partial charge in [0.15, 0.2) is 0 Å². The Hall–Kier alpha value is -0.790. The summed E-state index contributed by atoms with van der Waals surface area (Å²) in [6.07, 6.45) is 0. The molecule has 0 aliphatic rings. The van der Waals surface area contributed by atoms with E-state index in [0.29, 0.717) is 27.3 Å². The minimum absolute atomic E-state index is 0.313. The van der Waals surface area contributed by atoms with Crippen LogP contribution in [0, 0.1) is 0 Å². The highest BCUT2D eigenvalue weighted by Gasteiger charge is 2.32. The van der Waals surface area contributed by atoms with E-state index in [1.165, 1.54) is 0 Å². The summed E-state index contributed by atoms with van der Waals surface area (Å²) in [6, 6.07) is 13.9. The molecule has 0 aromatic heterocycles. The molecule has 0 radical (unpaired) electrons. The van der Waals surface area contributed by atoms with Crippen LogP contribution < -0.4 is 10.6 Å². The molecule has 0 unspecified atom stereocenters. The number of rotatable bonds is 4. The van der Waals surface area contributed by atoms with E-state index in [2.05, 4.69) is 0 Å². The summed E-state index contributed by atoms with van der Waals surface area (Å²) in [6.45, 7) is 2.11. The predicted molar refractivity (Wildman–Crippen MR) is 81.4 cm³/mol. The van der Waals surface area contributed by atoms with Crippen LogP contribution >= 0.6 is 30.6 Å². The zero-order valence-corrected chi connectivity index (χ0v) is 12.8. The molecule has 0 saturated heterocycles. The van der Waals surface area contributed by atoms with E-state index in [4.69, 9.17) is 27.7 Å². The van der Waals surface area contributed by atoms with Crippen molar-refractivity contribution >= 4 is 41.2 Å². The van der Waals surface area contributed by atoms with Crippen LogP contribution in [-0.4, -0.2) is 6.61 Å². The summed E-state index contributed by atoms with van der Waals surface area (Å²) >= 11 is 12.3. The normalized spacial score (nSPS) is 11.5. The number of hydrogen-bond donors (Lipinski definition) is 0. The molecule has 19 heavy (non-hydrogen) atoms. The Bertz CT molecular complexity index is 579. The van der Waals surface area contributed by atoms with Crippen molar-refractivity contribution in [1.29, 1.82) is 0 Å². The lowest BCUT2D eigenvalue weighted by Gasteiger charge is -2.20. The van der Waals surface area contributed by atoms with Crippen LogP contribution in [0.4, 0.5) is 0 Å². The van der Waals surface area contributed by atoms with Crippen molar-refractivity contribution in [1.82, 2.24) is 0 Å². The second-order valence-corrected chi connectivity index (χ2v) is 7.01.